The number of carbonyl (C=O) groups is 1. The minimum atomic E-state index is -3.00. The number of nitrogens with one attached hydrogen (secondary N) is 1. The first-order valence-corrected chi connectivity index (χ1v) is 9.01. The Hall–Kier alpha value is -1.89. The van der Waals surface area contributed by atoms with Crippen LogP contribution in [0.2, 0.25) is 0 Å². The number of amides is 1. The van der Waals surface area contributed by atoms with E-state index in [0.717, 1.165) is 16.5 Å². The molecular formula is C15H18N2O4S. The number of aryl methyl sites for hydroxylation is 2. The van der Waals surface area contributed by atoms with E-state index < -0.39 is 9.84 Å². The fraction of sp³-hybridized carbons (Fsp3) is 0.467. The number of hydrogen-bond donors (Lipinski definition) is 1. The quantitative estimate of drug-likeness (QED) is 0.920. The maximum atomic E-state index is 12.1. The molecule has 0 spiro atoms. The molecule has 1 aliphatic rings. The summed E-state index contributed by atoms with van der Waals surface area (Å²) in [4.78, 5) is 12.1. The Morgan fingerprint density at radius 3 is 2.86 bits per heavy atom. The summed E-state index contributed by atoms with van der Waals surface area (Å²) in [6.07, 6.45) is 0.569. The van der Waals surface area contributed by atoms with Gasteiger partial charge in [-0.2, -0.15) is 0 Å². The Morgan fingerprint density at radius 2 is 2.18 bits per heavy atom. The summed E-state index contributed by atoms with van der Waals surface area (Å²) in [5, 5.41) is 7.62. The van der Waals surface area contributed by atoms with Gasteiger partial charge in [0.2, 0.25) is 5.91 Å². The zero-order chi connectivity index (χ0) is 15.9. The molecule has 118 valence electrons. The molecule has 1 amide bonds. The second-order valence-corrected chi connectivity index (χ2v) is 8.16. The minimum absolute atomic E-state index is 0.0243. The highest BCUT2D eigenvalue weighted by atomic mass is 32.2. The minimum Gasteiger partial charge on any atom is -0.356 e. The van der Waals surface area contributed by atoms with Crippen LogP contribution < -0.4 is 5.32 Å². The van der Waals surface area contributed by atoms with Crippen LogP contribution in [-0.4, -0.2) is 37.0 Å². The number of hydrogen-bond acceptors (Lipinski definition) is 5. The van der Waals surface area contributed by atoms with Gasteiger partial charge in [-0.1, -0.05) is 11.2 Å². The molecular weight excluding hydrogens is 304 g/mol. The molecule has 1 aliphatic heterocycles. The van der Waals surface area contributed by atoms with Crippen molar-refractivity contribution in [3.63, 3.8) is 0 Å². The fourth-order valence-electron chi connectivity index (χ4n) is 2.98. The molecule has 0 aliphatic carbocycles. The Labute approximate surface area is 128 Å². The van der Waals surface area contributed by atoms with Crippen LogP contribution in [-0.2, 0) is 21.1 Å². The van der Waals surface area contributed by atoms with E-state index in [9.17, 15) is 13.2 Å². The number of carbonyl (C=O) groups excluding carboxylic acids is 1. The third-order valence-electron chi connectivity index (χ3n) is 3.91. The van der Waals surface area contributed by atoms with E-state index in [2.05, 4.69) is 10.5 Å². The molecule has 1 unspecified atom stereocenters. The van der Waals surface area contributed by atoms with Crippen LogP contribution in [0.5, 0.6) is 0 Å². The van der Waals surface area contributed by atoms with Crippen molar-refractivity contribution in [3.05, 3.63) is 29.0 Å². The first-order chi connectivity index (χ1) is 10.3. The standard InChI is InChI=1S/C15H18N2O4S/c1-9-5-10(2)15-12(17-21-13(15)6-9)7-14(18)16-11-3-4-22(19,20)8-11/h5-6,11H,3-4,7-8H2,1-2H3,(H,16,18). The molecule has 1 aromatic carbocycles. The van der Waals surface area contributed by atoms with Crippen molar-refractivity contribution in [1.29, 1.82) is 0 Å². The van der Waals surface area contributed by atoms with Crippen LogP contribution in [0.4, 0.5) is 0 Å². The van der Waals surface area contributed by atoms with Gasteiger partial charge in [-0.05, 0) is 37.5 Å². The SMILES string of the molecule is Cc1cc(C)c2c(CC(=O)NC3CCS(=O)(=O)C3)noc2c1. The molecule has 3 rings (SSSR count). The summed E-state index contributed by atoms with van der Waals surface area (Å²) >= 11 is 0. The van der Waals surface area contributed by atoms with Crippen LogP contribution in [0.25, 0.3) is 11.0 Å². The average Bonchev–Trinajstić information content (AvgIpc) is 2.93. The summed E-state index contributed by atoms with van der Waals surface area (Å²) in [5.41, 5.74) is 3.35. The maximum absolute atomic E-state index is 12.1. The Balaban J connectivity index is 1.75. The second kappa shape index (κ2) is 5.39. The van der Waals surface area contributed by atoms with Crippen LogP contribution >= 0.6 is 0 Å². The maximum Gasteiger partial charge on any atom is 0.226 e. The number of rotatable bonds is 3. The van der Waals surface area contributed by atoms with E-state index in [-0.39, 0.29) is 29.9 Å². The number of benzene rings is 1. The Kier molecular flexibility index (Phi) is 3.68. The van der Waals surface area contributed by atoms with Crippen LogP contribution in [0, 0.1) is 13.8 Å². The smallest absolute Gasteiger partial charge is 0.226 e. The van der Waals surface area contributed by atoms with Gasteiger partial charge in [0.25, 0.3) is 0 Å². The van der Waals surface area contributed by atoms with Crippen molar-refractivity contribution in [3.8, 4) is 0 Å². The van der Waals surface area contributed by atoms with Gasteiger partial charge in [0.1, 0.15) is 5.69 Å². The van der Waals surface area contributed by atoms with Gasteiger partial charge in [0, 0.05) is 11.4 Å². The predicted molar refractivity (Wildman–Crippen MR) is 82.4 cm³/mol. The van der Waals surface area contributed by atoms with E-state index in [1.165, 1.54) is 0 Å². The largest absolute Gasteiger partial charge is 0.356 e. The zero-order valence-electron chi connectivity index (χ0n) is 12.5. The van der Waals surface area contributed by atoms with Crippen LogP contribution in [0.1, 0.15) is 23.2 Å². The van der Waals surface area contributed by atoms with Crippen LogP contribution in [0.15, 0.2) is 16.7 Å². The van der Waals surface area contributed by atoms with Crippen molar-refractivity contribution in [2.75, 3.05) is 11.5 Å². The number of sulfone groups is 1. The number of aromatic nitrogens is 1. The molecule has 2 heterocycles. The van der Waals surface area contributed by atoms with Gasteiger partial charge in [0.05, 0.1) is 17.9 Å². The van der Waals surface area contributed by atoms with Gasteiger partial charge >= 0.3 is 0 Å². The third kappa shape index (κ3) is 2.99. The molecule has 0 bridgehead atoms. The molecule has 2 aromatic rings. The highest BCUT2D eigenvalue weighted by molar-refractivity contribution is 7.91. The van der Waals surface area contributed by atoms with E-state index >= 15 is 0 Å². The summed E-state index contributed by atoms with van der Waals surface area (Å²) in [6.45, 7) is 3.93. The van der Waals surface area contributed by atoms with Gasteiger partial charge in [-0.25, -0.2) is 8.42 Å². The lowest BCUT2D eigenvalue weighted by Gasteiger charge is -2.09. The molecule has 22 heavy (non-hydrogen) atoms. The van der Waals surface area contributed by atoms with Crippen molar-refractivity contribution in [2.45, 2.75) is 32.7 Å². The van der Waals surface area contributed by atoms with Crippen molar-refractivity contribution < 1.29 is 17.7 Å². The fourth-order valence-corrected chi connectivity index (χ4v) is 4.65. The lowest BCUT2D eigenvalue weighted by atomic mass is 10.0. The zero-order valence-corrected chi connectivity index (χ0v) is 13.4. The van der Waals surface area contributed by atoms with Crippen molar-refractivity contribution in [2.24, 2.45) is 0 Å². The number of nitrogens with zero attached hydrogens (tertiary/aromatic N) is 1. The van der Waals surface area contributed by atoms with E-state index in [0.29, 0.717) is 17.7 Å². The molecule has 1 fully saturated rings. The molecule has 1 N–H and O–H groups in total. The first-order valence-electron chi connectivity index (χ1n) is 7.19. The Bertz CT molecular complexity index is 839. The Morgan fingerprint density at radius 1 is 1.41 bits per heavy atom. The molecule has 1 aromatic heterocycles. The average molecular weight is 322 g/mol. The molecule has 6 nitrogen and oxygen atoms in total. The van der Waals surface area contributed by atoms with Crippen molar-refractivity contribution in [1.82, 2.24) is 10.5 Å². The highest BCUT2D eigenvalue weighted by Crippen LogP contribution is 2.24. The van der Waals surface area contributed by atoms with Crippen molar-refractivity contribution >= 4 is 26.7 Å². The highest BCUT2D eigenvalue weighted by Gasteiger charge is 2.29. The van der Waals surface area contributed by atoms with E-state index in [1.807, 2.05) is 26.0 Å². The van der Waals surface area contributed by atoms with Crippen LogP contribution in [0.3, 0.4) is 0 Å². The monoisotopic (exact) mass is 322 g/mol. The van der Waals surface area contributed by atoms with Gasteiger partial charge in [-0.15, -0.1) is 0 Å². The van der Waals surface area contributed by atoms with Gasteiger partial charge < -0.3 is 9.84 Å². The van der Waals surface area contributed by atoms with Gasteiger partial charge in [0.15, 0.2) is 15.4 Å². The summed E-state index contributed by atoms with van der Waals surface area (Å²) in [5.74, 6) is -0.0583. The lowest BCUT2D eigenvalue weighted by Crippen LogP contribution is -2.36. The topological polar surface area (TPSA) is 89.3 Å². The molecule has 1 saturated heterocycles. The third-order valence-corrected chi connectivity index (χ3v) is 5.68. The molecule has 7 heteroatoms. The molecule has 1 atom stereocenters. The number of fused-ring (bicyclic) bond motifs is 1. The van der Waals surface area contributed by atoms with E-state index in [4.69, 9.17) is 4.52 Å². The van der Waals surface area contributed by atoms with Gasteiger partial charge in [-0.3, -0.25) is 4.79 Å². The normalized spacial score (nSPS) is 20.4. The summed E-state index contributed by atoms with van der Waals surface area (Å²) in [6, 6.07) is 3.61. The summed E-state index contributed by atoms with van der Waals surface area (Å²) in [7, 11) is -3.00. The summed E-state index contributed by atoms with van der Waals surface area (Å²) < 4.78 is 28.1. The van der Waals surface area contributed by atoms with E-state index in [1.54, 1.807) is 0 Å². The second-order valence-electron chi connectivity index (χ2n) is 5.93. The predicted octanol–water partition coefficient (Wildman–Crippen LogP) is 1.29. The lowest BCUT2D eigenvalue weighted by molar-refractivity contribution is -0.121. The first kappa shape index (κ1) is 15.0. The molecule has 0 saturated carbocycles. The molecule has 0 radical (unpaired) electrons.